The van der Waals surface area contributed by atoms with Crippen LogP contribution >= 0.6 is 0 Å². The second-order valence-electron chi connectivity index (χ2n) is 7.83. The molecule has 0 aliphatic heterocycles. The van der Waals surface area contributed by atoms with Gasteiger partial charge >= 0.3 is 12.2 Å². The van der Waals surface area contributed by atoms with Crippen molar-refractivity contribution < 1.29 is 18.0 Å². The number of nitrogens with two attached hydrogens (primary N) is 1. The summed E-state index contributed by atoms with van der Waals surface area (Å²) in [5.74, 6) is 0.266. The number of hydrogen-bond acceptors (Lipinski definition) is 6. The average Bonchev–Trinajstić information content (AvgIpc) is 3.18. The fourth-order valence-corrected chi connectivity index (χ4v) is 3.42. The lowest BCUT2D eigenvalue weighted by Gasteiger charge is -2.16. The number of halogens is 3. The summed E-state index contributed by atoms with van der Waals surface area (Å²) < 4.78 is 41.6. The van der Waals surface area contributed by atoms with E-state index >= 15 is 0 Å². The minimum absolute atomic E-state index is 0.0444. The molecule has 4 N–H and O–H groups in total. The van der Waals surface area contributed by atoms with Crippen LogP contribution in [-0.2, 0) is 12.7 Å². The molecule has 0 aliphatic rings. The molecule has 0 unspecified atom stereocenters. The minimum atomic E-state index is -4.53. The Morgan fingerprint density at radius 1 is 1.03 bits per heavy atom. The first kappa shape index (κ1) is 23.0. The number of amides is 2. The van der Waals surface area contributed by atoms with Gasteiger partial charge in [0.05, 0.1) is 5.56 Å². The van der Waals surface area contributed by atoms with E-state index in [2.05, 4.69) is 25.6 Å². The fourth-order valence-electron chi connectivity index (χ4n) is 3.42. The third-order valence-corrected chi connectivity index (χ3v) is 4.84. The zero-order valence-corrected chi connectivity index (χ0v) is 18.3. The highest BCUT2D eigenvalue weighted by atomic mass is 19.4. The van der Waals surface area contributed by atoms with Crippen LogP contribution in [0.3, 0.4) is 0 Å². The number of nitrogens with zero attached hydrogens (tertiary/aromatic N) is 5. The lowest BCUT2D eigenvalue weighted by Crippen LogP contribution is -2.20. The number of benzene rings is 2. The van der Waals surface area contributed by atoms with Gasteiger partial charge in [-0.3, -0.25) is 4.57 Å². The Kier molecular flexibility index (Phi) is 6.07. The Morgan fingerprint density at radius 3 is 2.41 bits per heavy atom. The van der Waals surface area contributed by atoms with Crippen molar-refractivity contribution in [2.24, 2.45) is 0 Å². The number of carbonyl (C=O) groups is 1. The molecule has 0 atom stereocenters. The van der Waals surface area contributed by atoms with E-state index in [1.807, 2.05) is 0 Å². The smallest absolute Gasteiger partial charge is 0.382 e. The summed E-state index contributed by atoms with van der Waals surface area (Å²) in [4.78, 5) is 26.5. The summed E-state index contributed by atoms with van der Waals surface area (Å²) in [6.45, 7) is 0.293. The fraction of sp³-hybridized carbons (Fsp3) is 0.182. The number of nitrogens with one attached hydrogen (secondary N) is 2. The van der Waals surface area contributed by atoms with E-state index in [0.717, 1.165) is 17.8 Å². The second-order valence-corrected chi connectivity index (χ2v) is 7.83. The zero-order chi connectivity index (χ0) is 24.5. The number of fused-ring (bicyclic) bond motifs is 1. The number of aromatic nitrogens is 4. The van der Waals surface area contributed by atoms with Crippen molar-refractivity contribution in [2.75, 3.05) is 30.5 Å². The largest absolute Gasteiger partial charge is 0.416 e. The Bertz CT molecular complexity index is 1330. The van der Waals surface area contributed by atoms with Crippen LogP contribution < -0.4 is 16.4 Å². The molecular weight excluding hydrogens is 449 g/mol. The number of imidazole rings is 1. The van der Waals surface area contributed by atoms with Crippen molar-refractivity contribution in [3.8, 4) is 5.69 Å². The van der Waals surface area contributed by atoms with Gasteiger partial charge < -0.3 is 21.3 Å². The number of anilines is 3. The van der Waals surface area contributed by atoms with Crippen molar-refractivity contribution >= 4 is 34.4 Å². The molecule has 34 heavy (non-hydrogen) atoms. The van der Waals surface area contributed by atoms with Crippen molar-refractivity contribution in [2.45, 2.75) is 12.7 Å². The Labute approximate surface area is 192 Å². The number of alkyl halides is 3. The van der Waals surface area contributed by atoms with Gasteiger partial charge in [0.1, 0.15) is 12.7 Å². The molecule has 9 nitrogen and oxygen atoms in total. The van der Waals surface area contributed by atoms with Gasteiger partial charge in [-0.05, 0) is 62.1 Å². The third kappa shape index (κ3) is 5.07. The highest BCUT2D eigenvalue weighted by Gasteiger charge is 2.31. The Balaban J connectivity index is 1.49. The van der Waals surface area contributed by atoms with Crippen molar-refractivity contribution in [3.05, 3.63) is 66.2 Å². The molecule has 0 aliphatic carbocycles. The van der Waals surface area contributed by atoms with Crippen molar-refractivity contribution in [1.82, 2.24) is 24.4 Å². The normalized spacial score (nSPS) is 11.7. The summed E-state index contributed by atoms with van der Waals surface area (Å²) in [6, 6.07) is 9.57. The molecule has 2 amide bonds. The summed E-state index contributed by atoms with van der Waals surface area (Å²) in [6.07, 6.45) is -1.63. The van der Waals surface area contributed by atoms with Gasteiger partial charge in [0, 0.05) is 23.6 Å². The number of urea groups is 1. The number of rotatable bonds is 5. The first-order valence-corrected chi connectivity index (χ1v) is 10.1. The average molecular weight is 470 g/mol. The van der Waals surface area contributed by atoms with Crippen molar-refractivity contribution in [3.63, 3.8) is 0 Å². The van der Waals surface area contributed by atoms with E-state index in [1.165, 1.54) is 12.4 Å². The van der Waals surface area contributed by atoms with Crippen LogP contribution in [0.5, 0.6) is 0 Å². The van der Waals surface area contributed by atoms with Gasteiger partial charge in [-0.25, -0.2) is 19.7 Å². The van der Waals surface area contributed by atoms with Crippen LogP contribution in [0.4, 0.5) is 35.2 Å². The van der Waals surface area contributed by atoms with Crippen LogP contribution in [0.1, 0.15) is 11.1 Å². The maximum absolute atomic E-state index is 13.3. The molecule has 0 saturated heterocycles. The second kappa shape index (κ2) is 8.98. The molecule has 2 aromatic heterocycles. The molecule has 176 valence electrons. The summed E-state index contributed by atoms with van der Waals surface area (Å²) >= 11 is 0. The lowest BCUT2D eigenvalue weighted by molar-refractivity contribution is -0.137. The van der Waals surface area contributed by atoms with E-state index < -0.39 is 17.8 Å². The van der Waals surface area contributed by atoms with E-state index in [4.69, 9.17) is 5.73 Å². The number of carbonyl (C=O) groups excluding carboxylic acids is 1. The highest BCUT2D eigenvalue weighted by Crippen LogP contribution is 2.32. The lowest BCUT2D eigenvalue weighted by atomic mass is 10.1. The molecule has 2 heterocycles. The standard InChI is InChI=1S/C22H21F3N8O/c1-32(2)10-13-7-14(22(23,24)25)9-16(8-13)31-21(34)30-15-3-5-17(6-4-15)33-12-29-18-19(26)27-11-28-20(18)33/h3-9,11-12H,10H2,1-2H3,(H2,26,27,28)(H2,30,31,34). The maximum atomic E-state index is 13.3. The molecule has 0 bridgehead atoms. The first-order valence-electron chi connectivity index (χ1n) is 10.1. The van der Waals surface area contributed by atoms with Gasteiger partial charge in [-0.2, -0.15) is 13.2 Å². The quantitative estimate of drug-likeness (QED) is 0.404. The first-order chi connectivity index (χ1) is 16.1. The number of hydrogen-bond donors (Lipinski definition) is 3. The van der Waals surface area contributed by atoms with Crippen LogP contribution in [0.25, 0.3) is 16.9 Å². The number of nitrogen functional groups attached to an aromatic ring is 1. The van der Waals surface area contributed by atoms with E-state index in [9.17, 15) is 18.0 Å². The monoisotopic (exact) mass is 470 g/mol. The van der Waals surface area contributed by atoms with E-state index in [-0.39, 0.29) is 11.5 Å². The molecule has 4 rings (SSSR count). The molecule has 4 aromatic rings. The van der Waals surface area contributed by atoms with Crippen LogP contribution in [0.2, 0.25) is 0 Å². The van der Waals surface area contributed by atoms with Gasteiger partial charge in [0.25, 0.3) is 0 Å². The van der Waals surface area contributed by atoms with E-state index in [0.29, 0.717) is 29.0 Å². The summed E-state index contributed by atoms with van der Waals surface area (Å²) in [7, 11) is 3.50. The molecule has 0 radical (unpaired) electrons. The maximum Gasteiger partial charge on any atom is 0.416 e. The van der Waals surface area contributed by atoms with Gasteiger partial charge in [0.15, 0.2) is 17.0 Å². The van der Waals surface area contributed by atoms with E-state index in [1.54, 1.807) is 54.2 Å². The SMILES string of the molecule is CN(C)Cc1cc(NC(=O)Nc2ccc(-n3cnc4c(N)ncnc43)cc2)cc(C(F)(F)F)c1. The van der Waals surface area contributed by atoms with Gasteiger partial charge in [-0.15, -0.1) is 0 Å². The van der Waals surface area contributed by atoms with Crippen LogP contribution in [0, 0.1) is 0 Å². The topological polar surface area (TPSA) is 114 Å². The molecule has 2 aromatic carbocycles. The third-order valence-electron chi connectivity index (χ3n) is 4.84. The molecule has 0 saturated carbocycles. The minimum Gasteiger partial charge on any atom is -0.382 e. The van der Waals surface area contributed by atoms with Gasteiger partial charge in [0.2, 0.25) is 0 Å². The predicted octanol–water partition coefficient (Wildman–Crippen LogP) is 4.12. The Morgan fingerprint density at radius 2 is 1.74 bits per heavy atom. The zero-order valence-electron chi connectivity index (χ0n) is 18.3. The summed E-state index contributed by atoms with van der Waals surface area (Å²) in [5.41, 5.74) is 7.62. The van der Waals surface area contributed by atoms with Crippen molar-refractivity contribution in [1.29, 1.82) is 0 Å². The highest BCUT2D eigenvalue weighted by molar-refractivity contribution is 6.00. The molecular formula is C22H21F3N8O. The molecule has 12 heteroatoms. The molecule has 0 fully saturated rings. The van der Waals surface area contributed by atoms with Gasteiger partial charge in [-0.1, -0.05) is 0 Å². The molecule has 0 spiro atoms. The van der Waals surface area contributed by atoms with Crippen LogP contribution in [-0.4, -0.2) is 44.5 Å². The summed E-state index contributed by atoms with van der Waals surface area (Å²) in [5, 5.41) is 5.09. The Hall–Kier alpha value is -4.19. The predicted molar refractivity (Wildman–Crippen MR) is 123 cm³/mol. The van der Waals surface area contributed by atoms with Crippen LogP contribution in [0.15, 0.2) is 55.1 Å².